The molecule has 3 rings (SSSR count). The predicted molar refractivity (Wildman–Crippen MR) is 103 cm³/mol. The molecule has 1 saturated heterocycles. The van der Waals surface area contributed by atoms with E-state index in [1.807, 2.05) is 24.3 Å². The van der Waals surface area contributed by atoms with Gasteiger partial charge in [0.25, 0.3) is 0 Å². The van der Waals surface area contributed by atoms with Gasteiger partial charge >= 0.3 is 7.12 Å². The van der Waals surface area contributed by atoms with Crippen LogP contribution in [0.5, 0.6) is 0 Å². The first kappa shape index (κ1) is 20.7. The van der Waals surface area contributed by atoms with Gasteiger partial charge in [0, 0.05) is 44.5 Å². The van der Waals surface area contributed by atoms with E-state index < -0.39 is 13.1 Å². The van der Waals surface area contributed by atoms with Crippen molar-refractivity contribution in [1.82, 2.24) is 15.5 Å². The highest BCUT2D eigenvalue weighted by Crippen LogP contribution is 2.22. The van der Waals surface area contributed by atoms with Crippen molar-refractivity contribution in [2.24, 2.45) is 0 Å². The van der Waals surface area contributed by atoms with E-state index in [1.165, 1.54) is 0 Å². The predicted octanol–water partition coefficient (Wildman–Crippen LogP) is 0.189. The highest BCUT2D eigenvalue weighted by Gasteiger charge is 2.27. The van der Waals surface area contributed by atoms with Gasteiger partial charge in [0.05, 0.1) is 12.2 Å². The van der Waals surface area contributed by atoms with E-state index in [0.29, 0.717) is 19.4 Å². The van der Waals surface area contributed by atoms with Gasteiger partial charge in [0.15, 0.2) is 0 Å². The Bertz CT molecular complexity index is 706. The van der Waals surface area contributed by atoms with Crippen LogP contribution < -0.4 is 10.6 Å². The fourth-order valence-electron chi connectivity index (χ4n) is 3.13. The second kappa shape index (κ2) is 9.94. The van der Waals surface area contributed by atoms with Crippen LogP contribution in [0.4, 0.5) is 0 Å². The summed E-state index contributed by atoms with van der Waals surface area (Å²) in [5, 5.41) is 26.2. The molecule has 2 aromatic rings. The molecule has 1 aromatic heterocycles. The molecule has 0 aliphatic carbocycles. The lowest BCUT2D eigenvalue weighted by molar-refractivity contribution is -0.121. The molecule has 1 aromatic carbocycles. The van der Waals surface area contributed by atoms with Gasteiger partial charge in [0.2, 0.25) is 5.91 Å². The zero-order valence-corrected chi connectivity index (χ0v) is 15.4. The van der Waals surface area contributed by atoms with Crippen molar-refractivity contribution < 1.29 is 19.3 Å². The van der Waals surface area contributed by atoms with Crippen molar-refractivity contribution >= 4 is 36.4 Å². The molecule has 9 heteroatoms. The number of carbonyl (C=O) groups is 1. The van der Waals surface area contributed by atoms with E-state index in [1.54, 1.807) is 6.26 Å². The number of para-hydroxylation sites is 1. The van der Waals surface area contributed by atoms with Crippen molar-refractivity contribution in [3.8, 4) is 0 Å². The second-order valence-corrected chi connectivity index (χ2v) is 6.39. The van der Waals surface area contributed by atoms with Gasteiger partial charge in [-0.3, -0.25) is 4.79 Å². The lowest BCUT2D eigenvalue weighted by Crippen LogP contribution is -2.49. The average Bonchev–Trinajstić information content (AvgIpc) is 3.03. The minimum absolute atomic E-state index is 0. The number of rotatable bonds is 7. The van der Waals surface area contributed by atoms with Crippen LogP contribution >= 0.6 is 12.4 Å². The Balaban J connectivity index is 0.00000243. The number of carbonyl (C=O) groups excluding carboxylic acids is 1. The van der Waals surface area contributed by atoms with Crippen LogP contribution in [0.15, 0.2) is 34.9 Å². The van der Waals surface area contributed by atoms with E-state index in [2.05, 4.69) is 15.5 Å². The lowest BCUT2D eigenvalue weighted by atomic mass is 9.76. The standard InChI is InChI=1S/C17H24BN3O4.ClH/c22-17(5-8-21-9-6-19-7-10-21)20-16(18(23)24)11-13-12-25-15-4-2-1-3-14(13)15;/h1-4,12,16,19,23-24H,5-11H2,(H,20,22);1H/t16-;/m0./s1. The van der Waals surface area contributed by atoms with Gasteiger partial charge in [0.1, 0.15) is 5.58 Å². The highest BCUT2D eigenvalue weighted by atomic mass is 35.5. The summed E-state index contributed by atoms with van der Waals surface area (Å²) in [7, 11) is -1.63. The van der Waals surface area contributed by atoms with Crippen LogP contribution in [0.3, 0.4) is 0 Å². The Hall–Kier alpha value is -1.58. The van der Waals surface area contributed by atoms with Crippen molar-refractivity contribution in [3.05, 3.63) is 36.1 Å². The number of amides is 1. The monoisotopic (exact) mass is 381 g/mol. The summed E-state index contributed by atoms with van der Waals surface area (Å²) in [5.74, 6) is -0.944. The zero-order valence-electron chi connectivity index (χ0n) is 14.6. The maximum atomic E-state index is 12.2. The summed E-state index contributed by atoms with van der Waals surface area (Å²) in [6, 6.07) is 7.56. The molecular weight excluding hydrogens is 356 g/mol. The van der Waals surface area contributed by atoms with Gasteiger partial charge in [-0.2, -0.15) is 0 Å². The zero-order chi connectivity index (χ0) is 17.6. The third kappa shape index (κ3) is 5.46. The van der Waals surface area contributed by atoms with Gasteiger partial charge in [-0.15, -0.1) is 12.4 Å². The summed E-state index contributed by atoms with van der Waals surface area (Å²) < 4.78 is 5.47. The van der Waals surface area contributed by atoms with E-state index in [9.17, 15) is 14.8 Å². The fourth-order valence-corrected chi connectivity index (χ4v) is 3.13. The van der Waals surface area contributed by atoms with E-state index in [0.717, 1.165) is 42.7 Å². The van der Waals surface area contributed by atoms with E-state index >= 15 is 0 Å². The van der Waals surface area contributed by atoms with E-state index in [4.69, 9.17) is 4.42 Å². The largest absolute Gasteiger partial charge is 0.475 e. The highest BCUT2D eigenvalue weighted by molar-refractivity contribution is 6.43. The molecule has 0 unspecified atom stereocenters. The number of nitrogens with one attached hydrogen (secondary N) is 2. The van der Waals surface area contributed by atoms with Crippen molar-refractivity contribution in [3.63, 3.8) is 0 Å². The molecule has 0 spiro atoms. The number of nitrogens with zero attached hydrogens (tertiary/aromatic N) is 1. The maximum Gasteiger partial charge on any atom is 0.475 e. The quantitative estimate of drug-likeness (QED) is 0.511. The first-order valence-electron chi connectivity index (χ1n) is 8.67. The molecule has 7 nitrogen and oxygen atoms in total. The molecule has 2 heterocycles. The summed E-state index contributed by atoms with van der Waals surface area (Å²) in [6.45, 7) is 4.41. The maximum absolute atomic E-state index is 12.2. The van der Waals surface area contributed by atoms with Crippen LogP contribution in [0.25, 0.3) is 11.0 Å². The van der Waals surface area contributed by atoms with E-state index in [-0.39, 0.29) is 18.3 Å². The Morgan fingerprint density at radius 1 is 1.31 bits per heavy atom. The lowest BCUT2D eigenvalue weighted by Gasteiger charge is -2.27. The Labute approximate surface area is 159 Å². The number of hydrogen-bond donors (Lipinski definition) is 4. The fraction of sp³-hybridized carbons (Fsp3) is 0.471. The summed E-state index contributed by atoms with van der Waals surface area (Å²) in [6.07, 6.45) is 2.25. The van der Waals surface area contributed by atoms with Gasteiger partial charge < -0.3 is 30.0 Å². The molecule has 1 atom stereocenters. The van der Waals surface area contributed by atoms with Crippen LogP contribution in [-0.2, 0) is 11.2 Å². The number of halogens is 1. The topological polar surface area (TPSA) is 98.0 Å². The molecule has 1 fully saturated rings. The number of furan rings is 1. The summed E-state index contributed by atoms with van der Waals surface area (Å²) >= 11 is 0. The summed E-state index contributed by atoms with van der Waals surface area (Å²) in [5.41, 5.74) is 1.59. The van der Waals surface area contributed by atoms with Gasteiger partial charge in [-0.1, -0.05) is 18.2 Å². The molecular formula is C17H25BClN3O4. The summed E-state index contributed by atoms with van der Waals surface area (Å²) in [4.78, 5) is 14.4. The molecule has 0 saturated carbocycles. The number of piperazine rings is 1. The van der Waals surface area contributed by atoms with Gasteiger partial charge in [-0.05, 0) is 18.1 Å². The SMILES string of the molecule is Cl.O=C(CCN1CCNCC1)N[C@@H](Cc1coc2ccccc12)B(O)O. The first-order chi connectivity index (χ1) is 12.1. The minimum atomic E-state index is -1.63. The third-order valence-electron chi connectivity index (χ3n) is 4.57. The molecule has 26 heavy (non-hydrogen) atoms. The Morgan fingerprint density at radius 3 is 2.77 bits per heavy atom. The first-order valence-corrected chi connectivity index (χ1v) is 8.67. The molecule has 0 radical (unpaired) electrons. The van der Waals surface area contributed by atoms with Crippen molar-refractivity contribution in [2.45, 2.75) is 18.8 Å². The molecule has 0 bridgehead atoms. The Morgan fingerprint density at radius 2 is 2.04 bits per heavy atom. The number of fused-ring (bicyclic) bond motifs is 1. The van der Waals surface area contributed by atoms with Crippen LogP contribution in [0, 0.1) is 0 Å². The smallest absolute Gasteiger partial charge is 0.464 e. The van der Waals surface area contributed by atoms with Crippen LogP contribution in [-0.4, -0.2) is 66.6 Å². The number of hydrogen-bond acceptors (Lipinski definition) is 6. The van der Waals surface area contributed by atoms with Crippen LogP contribution in [0.2, 0.25) is 0 Å². The normalized spacial score (nSPS) is 16.1. The minimum Gasteiger partial charge on any atom is -0.464 e. The van der Waals surface area contributed by atoms with Crippen molar-refractivity contribution in [1.29, 1.82) is 0 Å². The molecule has 1 aliphatic rings. The van der Waals surface area contributed by atoms with Crippen LogP contribution in [0.1, 0.15) is 12.0 Å². The third-order valence-corrected chi connectivity index (χ3v) is 4.57. The molecule has 142 valence electrons. The molecule has 4 N–H and O–H groups in total. The molecule has 1 amide bonds. The molecule has 1 aliphatic heterocycles. The Kier molecular flexibility index (Phi) is 7.93. The average molecular weight is 382 g/mol. The van der Waals surface area contributed by atoms with Crippen molar-refractivity contribution in [2.75, 3.05) is 32.7 Å². The van der Waals surface area contributed by atoms with Gasteiger partial charge in [-0.25, -0.2) is 0 Å². The number of benzene rings is 1. The second-order valence-electron chi connectivity index (χ2n) is 6.39.